The van der Waals surface area contributed by atoms with E-state index in [1.807, 2.05) is 72.7 Å². The van der Waals surface area contributed by atoms with Gasteiger partial charge >= 0.3 is 6.09 Å². The highest BCUT2D eigenvalue weighted by Gasteiger charge is 2.32. The van der Waals surface area contributed by atoms with Crippen molar-refractivity contribution in [3.8, 4) is 11.4 Å². The molecule has 4 aromatic rings. The number of anilines is 1. The predicted molar refractivity (Wildman–Crippen MR) is 136 cm³/mol. The first-order valence-corrected chi connectivity index (χ1v) is 12.0. The van der Waals surface area contributed by atoms with Crippen molar-refractivity contribution < 1.29 is 9.53 Å². The van der Waals surface area contributed by atoms with E-state index in [-0.39, 0.29) is 12.1 Å². The Kier molecular flexibility index (Phi) is 5.88. The molecule has 35 heavy (non-hydrogen) atoms. The molecule has 0 N–H and O–H groups in total. The van der Waals surface area contributed by atoms with Crippen molar-refractivity contribution in [2.45, 2.75) is 39.3 Å². The number of benzene rings is 1. The Morgan fingerprint density at radius 3 is 2.69 bits per heavy atom. The monoisotopic (exact) mass is 493 g/mol. The standard InChI is InChI=1S/C25H28ClN7O2/c1-17-14-30(24(34)35-25(2,3)4)11-12-31(17)22-21-20(33-10-6-9-29-33)15-32(23(21)28-16-27-22)19-8-5-7-18(26)13-19/h5-10,13,15-17H,11-12,14H2,1-4H3/t17-/m0/s1. The van der Waals surface area contributed by atoms with E-state index >= 15 is 0 Å². The van der Waals surface area contributed by atoms with Crippen molar-refractivity contribution in [2.24, 2.45) is 0 Å². The molecule has 0 saturated carbocycles. The van der Waals surface area contributed by atoms with Crippen molar-refractivity contribution >= 4 is 34.5 Å². The van der Waals surface area contributed by atoms with Gasteiger partial charge in [-0.05, 0) is 52.0 Å². The van der Waals surface area contributed by atoms with Gasteiger partial charge in [-0.1, -0.05) is 17.7 Å². The molecule has 0 radical (unpaired) electrons. The van der Waals surface area contributed by atoms with Crippen LogP contribution in [0.25, 0.3) is 22.4 Å². The Bertz CT molecular complexity index is 1360. The first-order chi connectivity index (χ1) is 16.7. The molecular formula is C25H28ClN7O2. The van der Waals surface area contributed by atoms with Crippen LogP contribution in [0.3, 0.4) is 0 Å². The van der Waals surface area contributed by atoms with E-state index in [0.717, 1.165) is 28.2 Å². The van der Waals surface area contributed by atoms with E-state index in [0.29, 0.717) is 24.7 Å². The van der Waals surface area contributed by atoms with Gasteiger partial charge in [-0.15, -0.1) is 0 Å². The average molecular weight is 494 g/mol. The molecule has 1 aromatic carbocycles. The zero-order chi connectivity index (χ0) is 24.7. The van der Waals surface area contributed by atoms with Gasteiger partial charge in [0, 0.05) is 55.0 Å². The Labute approximate surface area is 208 Å². The van der Waals surface area contributed by atoms with E-state index < -0.39 is 5.60 Å². The molecule has 1 aliphatic rings. The number of amides is 1. The van der Waals surface area contributed by atoms with Gasteiger partial charge < -0.3 is 14.5 Å². The highest BCUT2D eigenvalue weighted by molar-refractivity contribution is 6.30. The molecule has 0 spiro atoms. The maximum atomic E-state index is 12.6. The number of ether oxygens (including phenoxy) is 1. The topological polar surface area (TPSA) is 81.3 Å². The van der Waals surface area contributed by atoms with Crippen LogP contribution >= 0.6 is 11.6 Å². The number of carbonyl (C=O) groups is 1. The molecule has 0 aliphatic carbocycles. The summed E-state index contributed by atoms with van der Waals surface area (Å²) in [7, 11) is 0. The fourth-order valence-corrected chi connectivity index (χ4v) is 4.60. The van der Waals surface area contributed by atoms with Crippen molar-refractivity contribution in [1.29, 1.82) is 0 Å². The second kappa shape index (κ2) is 8.88. The summed E-state index contributed by atoms with van der Waals surface area (Å²) in [5, 5.41) is 6.00. The minimum absolute atomic E-state index is 0.0226. The van der Waals surface area contributed by atoms with Crippen LogP contribution in [0.5, 0.6) is 0 Å². The maximum absolute atomic E-state index is 12.6. The van der Waals surface area contributed by atoms with Crippen molar-refractivity contribution in [1.82, 2.24) is 29.2 Å². The normalized spacial score (nSPS) is 16.7. The largest absolute Gasteiger partial charge is 0.444 e. The second-order valence-corrected chi connectivity index (χ2v) is 10.1. The zero-order valence-electron chi connectivity index (χ0n) is 20.2. The number of halogens is 1. The van der Waals surface area contributed by atoms with Gasteiger partial charge in [0.2, 0.25) is 0 Å². The van der Waals surface area contributed by atoms with Gasteiger partial charge in [-0.2, -0.15) is 5.10 Å². The number of hydrogen-bond donors (Lipinski definition) is 0. The third-order valence-electron chi connectivity index (χ3n) is 5.93. The lowest BCUT2D eigenvalue weighted by Crippen LogP contribution is -2.54. The van der Waals surface area contributed by atoms with Crippen molar-refractivity contribution in [3.05, 3.63) is 60.3 Å². The van der Waals surface area contributed by atoms with Gasteiger partial charge in [0.1, 0.15) is 17.7 Å². The molecule has 4 heterocycles. The molecular weight excluding hydrogens is 466 g/mol. The summed E-state index contributed by atoms with van der Waals surface area (Å²) in [6.45, 7) is 9.42. The lowest BCUT2D eigenvalue weighted by molar-refractivity contribution is 0.0218. The third kappa shape index (κ3) is 4.55. The van der Waals surface area contributed by atoms with Crippen LogP contribution in [0, 0.1) is 0 Å². The lowest BCUT2D eigenvalue weighted by Gasteiger charge is -2.41. The molecule has 1 aliphatic heterocycles. The van der Waals surface area contributed by atoms with Crippen LogP contribution in [-0.2, 0) is 4.74 Å². The number of fused-ring (bicyclic) bond motifs is 1. The Morgan fingerprint density at radius 2 is 2.00 bits per heavy atom. The highest BCUT2D eigenvalue weighted by atomic mass is 35.5. The van der Waals surface area contributed by atoms with Crippen LogP contribution in [0.4, 0.5) is 10.6 Å². The molecule has 0 unspecified atom stereocenters. The van der Waals surface area contributed by atoms with Crippen molar-refractivity contribution in [2.75, 3.05) is 24.5 Å². The summed E-state index contributed by atoms with van der Waals surface area (Å²) in [5.41, 5.74) is 1.98. The van der Waals surface area contributed by atoms with Crippen LogP contribution < -0.4 is 4.90 Å². The smallest absolute Gasteiger partial charge is 0.410 e. The molecule has 1 atom stereocenters. The molecule has 1 fully saturated rings. The Morgan fingerprint density at radius 1 is 1.17 bits per heavy atom. The number of carbonyl (C=O) groups excluding carboxylic acids is 1. The van der Waals surface area contributed by atoms with E-state index in [9.17, 15) is 4.79 Å². The molecule has 5 rings (SSSR count). The summed E-state index contributed by atoms with van der Waals surface area (Å²) in [6, 6.07) is 9.55. The molecule has 0 bridgehead atoms. The van der Waals surface area contributed by atoms with Gasteiger partial charge in [-0.25, -0.2) is 19.4 Å². The predicted octanol–water partition coefficient (Wildman–Crippen LogP) is 4.71. The third-order valence-corrected chi connectivity index (χ3v) is 6.17. The van der Waals surface area contributed by atoms with Crippen molar-refractivity contribution in [3.63, 3.8) is 0 Å². The van der Waals surface area contributed by atoms with E-state index in [2.05, 4.69) is 21.9 Å². The van der Waals surface area contributed by atoms with E-state index in [1.54, 1.807) is 17.4 Å². The molecule has 1 saturated heterocycles. The van der Waals surface area contributed by atoms with Gasteiger partial charge in [0.25, 0.3) is 0 Å². The van der Waals surface area contributed by atoms with E-state index in [4.69, 9.17) is 21.3 Å². The SMILES string of the molecule is C[C@H]1CN(C(=O)OC(C)(C)C)CCN1c1ncnc2c1c(-n1cccn1)cn2-c1cccc(Cl)c1. The highest BCUT2D eigenvalue weighted by Crippen LogP contribution is 2.34. The van der Waals surface area contributed by atoms with E-state index in [1.165, 1.54) is 0 Å². The molecule has 182 valence electrons. The number of aromatic nitrogens is 5. The summed E-state index contributed by atoms with van der Waals surface area (Å²) >= 11 is 6.29. The molecule has 9 nitrogen and oxygen atoms in total. The number of nitrogens with zero attached hydrogens (tertiary/aromatic N) is 7. The number of piperazine rings is 1. The summed E-state index contributed by atoms with van der Waals surface area (Å²) in [6.07, 6.45) is 6.94. The quantitative estimate of drug-likeness (QED) is 0.411. The Hall–Kier alpha value is -3.59. The Balaban J connectivity index is 1.56. The fourth-order valence-electron chi connectivity index (χ4n) is 4.42. The second-order valence-electron chi connectivity index (χ2n) is 9.68. The number of hydrogen-bond acceptors (Lipinski definition) is 6. The minimum atomic E-state index is -0.530. The van der Waals surface area contributed by atoms with Gasteiger partial charge in [-0.3, -0.25) is 4.57 Å². The summed E-state index contributed by atoms with van der Waals surface area (Å²) in [4.78, 5) is 26.0. The van der Waals surface area contributed by atoms with Gasteiger partial charge in [0.15, 0.2) is 5.65 Å². The lowest BCUT2D eigenvalue weighted by atomic mass is 10.1. The molecule has 10 heteroatoms. The number of rotatable bonds is 3. The van der Waals surface area contributed by atoms with Gasteiger partial charge in [0.05, 0.1) is 11.1 Å². The van der Waals surface area contributed by atoms with Crippen LogP contribution in [-0.4, -0.2) is 66.6 Å². The summed E-state index contributed by atoms with van der Waals surface area (Å²) in [5.74, 6) is 0.803. The van der Waals surface area contributed by atoms with Crippen LogP contribution in [0.15, 0.2) is 55.2 Å². The zero-order valence-corrected chi connectivity index (χ0v) is 21.0. The summed E-state index contributed by atoms with van der Waals surface area (Å²) < 4.78 is 9.41. The maximum Gasteiger partial charge on any atom is 0.410 e. The molecule has 1 amide bonds. The van der Waals surface area contributed by atoms with Crippen LogP contribution in [0.1, 0.15) is 27.7 Å². The average Bonchev–Trinajstić information content (AvgIpc) is 3.46. The molecule has 3 aromatic heterocycles. The minimum Gasteiger partial charge on any atom is -0.444 e. The first-order valence-electron chi connectivity index (χ1n) is 11.6. The first kappa shape index (κ1) is 23.2. The fraction of sp³-hybridized carbons (Fsp3) is 0.360. The van der Waals surface area contributed by atoms with Crippen LogP contribution in [0.2, 0.25) is 5.02 Å².